The van der Waals surface area contributed by atoms with Gasteiger partial charge in [-0.3, -0.25) is 9.69 Å². The Morgan fingerprint density at radius 3 is 2.74 bits per heavy atom. The van der Waals surface area contributed by atoms with Gasteiger partial charge in [-0.25, -0.2) is 9.78 Å². The third-order valence-electron chi connectivity index (χ3n) is 3.02. The number of nitrogens with zero attached hydrogens (tertiary/aromatic N) is 3. The molecule has 102 valence electrons. The van der Waals surface area contributed by atoms with Gasteiger partial charge in [0.2, 0.25) is 5.91 Å². The van der Waals surface area contributed by atoms with Crippen molar-refractivity contribution in [3.8, 4) is 0 Å². The van der Waals surface area contributed by atoms with Crippen LogP contribution < -0.4 is 0 Å². The normalized spacial score (nSPS) is 15.5. The molecule has 1 fully saturated rings. The number of rotatable bonds is 3. The van der Waals surface area contributed by atoms with E-state index in [1.165, 1.54) is 4.90 Å². The molecule has 5 nitrogen and oxygen atoms in total. The lowest BCUT2D eigenvalue weighted by Crippen LogP contribution is -2.38. The van der Waals surface area contributed by atoms with Crippen molar-refractivity contribution in [3.05, 3.63) is 29.0 Å². The van der Waals surface area contributed by atoms with Crippen LogP contribution in [-0.2, 0) is 11.3 Å². The van der Waals surface area contributed by atoms with E-state index in [4.69, 9.17) is 11.6 Å². The Kier molecular flexibility index (Phi) is 4.04. The van der Waals surface area contributed by atoms with Crippen LogP contribution in [0.5, 0.6) is 0 Å². The van der Waals surface area contributed by atoms with Crippen molar-refractivity contribution in [1.29, 1.82) is 0 Å². The molecule has 19 heavy (non-hydrogen) atoms. The van der Waals surface area contributed by atoms with E-state index in [0.717, 1.165) is 5.56 Å². The van der Waals surface area contributed by atoms with Crippen LogP contribution in [-0.4, -0.2) is 39.8 Å². The smallest absolute Gasteiger partial charge is 0.318 e. The molecule has 0 atom stereocenters. The molecule has 0 bridgehead atoms. The molecule has 3 amide bonds. The molecule has 0 saturated carbocycles. The summed E-state index contributed by atoms with van der Waals surface area (Å²) in [6.07, 6.45) is 1.64. The fourth-order valence-electron chi connectivity index (χ4n) is 1.97. The number of halogens is 1. The molecule has 0 unspecified atom stereocenters. The maximum Gasteiger partial charge on any atom is 0.327 e. The Labute approximate surface area is 117 Å². The van der Waals surface area contributed by atoms with Crippen molar-refractivity contribution in [2.45, 2.75) is 20.4 Å². The summed E-state index contributed by atoms with van der Waals surface area (Å²) in [5.41, 5.74) is 0.900. The van der Waals surface area contributed by atoms with Gasteiger partial charge >= 0.3 is 6.03 Å². The standard InChI is InChI=1S/C13H16ClN3O2/c1-9(2)12(18)17-6-5-16(13(17)19)8-10-3-4-11(14)15-7-10/h3-4,7,9H,5-6,8H2,1-2H3. The minimum absolute atomic E-state index is 0.123. The lowest BCUT2D eigenvalue weighted by Gasteiger charge is -2.18. The van der Waals surface area contributed by atoms with Crippen LogP contribution in [0.2, 0.25) is 5.15 Å². The summed E-state index contributed by atoms with van der Waals surface area (Å²) in [5.74, 6) is -0.289. The largest absolute Gasteiger partial charge is 0.327 e. The first-order valence-electron chi connectivity index (χ1n) is 6.19. The van der Waals surface area contributed by atoms with Crippen LogP contribution in [0, 0.1) is 5.92 Å². The minimum Gasteiger partial charge on any atom is -0.318 e. The van der Waals surface area contributed by atoms with Gasteiger partial charge in [0.05, 0.1) is 0 Å². The van der Waals surface area contributed by atoms with E-state index in [2.05, 4.69) is 4.98 Å². The molecule has 0 aliphatic carbocycles. The zero-order chi connectivity index (χ0) is 14.0. The Bertz CT molecular complexity index is 487. The third-order valence-corrected chi connectivity index (χ3v) is 3.24. The molecule has 1 saturated heterocycles. The molecule has 1 aromatic rings. The van der Waals surface area contributed by atoms with Gasteiger partial charge in [-0.15, -0.1) is 0 Å². The Morgan fingerprint density at radius 1 is 1.42 bits per heavy atom. The second-order valence-electron chi connectivity index (χ2n) is 4.84. The van der Waals surface area contributed by atoms with Crippen molar-refractivity contribution in [3.63, 3.8) is 0 Å². The first-order chi connectivity index (χ1) is 8.99. The van der Waals surface area contributed by atoms with E-state index in [-0.39, 0.29) is 17.9 Å². The molecule has 0 spiro atoms. The highest BCUT2D eigenvalue weighted by atomic mass is 35.5. The van der Waals surface area contributed by atoms with Crippen LogP contribution in [0.3, 0.4) is 0 Å². The average Bonchev–Trinajstić information content (AvgIpc) is 2.73. The maximum atomic E-state index is 12.1. The zero-order valence-corrected chi connectivity index (χ0v) is 11.7. The van der Waals surface area contributed by atoms with Gasteiger partial charge in [0.25, 0.3) is 0 Å². The third kappa shape index (κ3) is 3.04. The second kappa shape index (κ2) is 5.57. The molecule has 1 aliphatic heterocycles. The lowest BCUT2D eigenvalue weighted by atomic mass is 10.2. The molecular formula is C13H16ClN3O2. The summed E-state index contributed by atoms with van der Waals surface area (Å²) in [4.78, 5) is 30.9. The van der Waals surface area contributed by atoms with E-state index >= 15 is 0 Å². The number of hydrogen-bond acceptors (Lipinski definition) is 3. The fourth-order valence-corrected chi connectivity index (χ4v) is 2.08. The van der Waals surface area contributed by atoms with Crippen molar-refractivity contribution in [1.82, 2.24) is 14.8 Å². The van der Waals surface area contributed by atoms with E-state index in [1.54, 1.807) is 31.0 Å². The highest BCUT2D eigenvalue weighted by Gasteiger charge is 2.33. The molecular weight excluding hydrogens is 266 g/mol. The van der Waals surface area contributed by atoms with E-state index in [1.807, 2.05) is 6.07 Å². The SMILES string of the molecule is CC(C)C(=O)N1CCN(Cc2ccc(Cl)nc2)C1=O. The van der Waals surface area contributed by atoms with E-state index in [0.29, 0.717) is 24.8 Å². The summed E-state index contributed by atoms with van der Waals surface area (Å²) in [5, 5.41) is 0.424. The Morgan fingerprint density at radius 2 is 2.16 bits per heavy atom. The summed E-state index contributed by atoms with van der Waals surface area (Å²) in [6.45, 7) is 5.05. The summed E-state index contributed by atoms with van der Waals surface area (Å²) < 4.78 is 0. The molecule has 1 aromatic heterocycles. The Hall–Kier alpha value is -1.62. The maximum absolute atomic E-state index is 12.1. The van der Waals surface area contributed by atoms with Gasteiger partial charge in [0.1, 0.15) is 5.15 Å². The monoisotopic (exact) mass is 281 g/mol. The topological polar surface area (TPSA) is 53.5 Å². The van der Waals surface area contributed by atoms with Crippen molar-refractivity contribution >= 4 is 23.5 Å². The van der Waals surface area contributed by atoms with E-state index in [9.17, 15) is 9.59 Å². The lowest BCUT2D eigenvalue weighted by molar-refractivity contribution is -0.130. The van der Waals surface area contributed by atoms with Crippen molar-refractivity contribution in [2.75, 3.05) is 13.1 Å². The highest BCUT2D eigenvalue weighted by Crippen LogP contribution is 2.16. The molecule has 6 heteroatoms. The van der Waals surface area contributed by atoms with Crippen molar-refractivity contribution < 1.29 is 9.59 Å². The number of carbonyl (C=O) groups excluding carboxylic acids is 2. The average molecular weight is 282 g/mol. The first kappa shape index (κ1) is 13.8. The summed E-state index contributed by atoms with van der Waals surface area (Å²) >= 11 is 5.71. The van der Waals surface area contributed by atoms with Gasteiger partial charge in [0.15, 0.2) is 0 Å². The second-order valence-corrected chi connectivity index (χ2v) is 5.23. The number of carbonyl (C=O) groups is 2. The number of pyridine rings is 1. The van der Waals surface area contributed by atoms with Gasteiger partial charge < -0.3 is 4.90 Å². The quantitative estimate of drug-likeness (QED) is 0.798. The number of aromatic nitrogens is 1. The predicted molar refractivity (Wildman–Crippen MR) is 71.6 cm³/mol. The van der Waals surface area contributed by atoms with Crippen LogP contribution in [0.1, 0.15) is 19.4 Å². The molecule has 1 aliphatic rings. The molecule has 0 radical (unpaired) electrons. The van der Waals surface area contributed by atoms with Crippen molar-refractivity contribution in [2.24, 2.45) is 5.92 Å². The van der Waals surface area contributed by atoms with Gasteiger partial charge in [-0.05, 0) is 11.6 Å². The van der Waals surface area contributed by atoms with Gasteiger partial charge in [-0.1, -0.05) is 31.5 Å². The highest BCUT2D eigenvalue weighted by molar-refractivity contribution is 6.29. The predicted octanol–water partition coefficient (Wildman–Crippen LogP) is 2.16. The zero-order valence-electron chi connectivity index (χ0n) is 11.0. The summed E-state index contributed by atoms with van der Waals surface area (Å²) in [6, 6.07) is 3.29. The fraction of sp³-hybridized carbons (Fsp3) is 0.462. The van der Waals surface area contributed by atoms with Gasteiger partial charge in [0, 0.05) is 31.7 Å². The molecule has 2 heterocycles. The van der Waals surface area contributed by atoms with E-state index < -0.39 is 0 Å². The van der Waals surface area contributed by atoms with Crippen LogP contribution >= 0.6 is 11.6 Å². The number of hydrogen-bond donors (Lipinski definition) is 0. The minimum atomic E-state index is -0.228. The first-order valence-corrected chi connectivity index (χ1v) is 6.57. The molecule has 0 N–H and O–H groups in total. The molecule has 2 rings (SSSR count). The number of urea groups is 1. The van der Waals surface area contributed by atoms with Crippen LogP contribution in [0.15, 0.2) is 18.3 Å². The number of imide groups is 1. The Balaban J connectivity index is 2.02. The van der Waals surface area contributed by atoms with Gasteiger partial charge in [-0.2, -0.15) is 0 Å². The summed E-state index contributed by atoms with van der Waals surface area (Å²) in [7, 11) is 0. The van der Waals surface area contributed by atoms with Crippen LogP contribution in [0.25, 0.3) is 0 Å². The number of amides is 3. The van der Waals surface area contributed by atoms with Crippen LogP contribution in [0.4, 0.5) is 4.79 Å². The molecule has 0 aromatic carbocycles.